The van der Waals surface area contributed by atoms with Gasteiger partial charge in [-0.25, -0.2) is 0 Å². The predicted octanol–water partition coefficient (Wildman–Crippen LogP) is 1.42. The number of carbonyl (C=O) groups excluding carboxylic acids is 2. The minimum absolute atomic E-state index is 0.185. The lowest BCUT2D eigenvalue weighted by Gasteiger charge is -2.36. The van der Waals surface area contributed by atoms with Gasteiger partial charge in [-0.2, -0.15) is 0 Å². The molecule has 0 aromatic rings. The minimum atomic E-state index is -1.31. The van der Waals surface area contributed by atoms with E-state index in [0.717, 1.165) is 19.3 Å². The van der Waals surface area contributed by atoms with Crippen LogP contribution in [0, 0.1) is 5.92 Å². The van der Waals surface area contributed by atoms with Crippen LogP contribution in [-0.4, -0.2) is 35.9 Å². The predicted molar refractivity (Wildman–Crippen MR) is 64.8 cm³/mol. The van der Waals surface area contributed by atoms with E-state index >= 15 is 0 Å². The number of ether oxygens (including phenoxy) is 2. The van der Waals surface area contributed by atoms with Crippen LogP contribution in [-0.2, 0) is 19.1 Å². The summed E-state index contributed by atoms with van der Waals surface area (Å²) in [7, 11) is 0. The van der Waals surface area contributed by atoms with Crippen molar-refractivity contribution >= 4 is 11.9 Å². The molecule has 0 aromatic carbocycles. The lowest BCUT2D eigenvalue weighted by atomic mass is 9.75. The van der Waals surface area contributed by atoms with E-state index in [1.54, 1.807) is 13.8 Å². The van der Waals surface area contributed by atoms with Crippen LogP contribution in [0.5, 0.6) is 0 Å². The van der Waals surface area contributed by atoms with E-state index in [0.29, 0.717) is 12.8 Å². The molecule has 0 saturated heterocycles. The fourth-order valence-corrected chi connectivity index (χ4v) is 2.44. The van der Waals surface area contributed by atoms with Crippen molar-refractivity contribution in [2.75, 3.05) is 13.2 Å². The third-order valence-corrected chi connectivity index (χ3v) is 3.30. The van der Waals surface area contributed by atoms with Crippen molar-refractivity contribution in [2.45, 2.75) is 51.6 Å². The van der Waals surface area contributed by atoms with Crippen molar-refractivity contribution in [1.82, 2.24) is 0 Å². The summed E-state index contributed by atoms with van der Waals surface area (Å²) >= 11 is 0. The Bertz CT molecular complexity index is 276. The number of aliphatic hydroxyl groups is 1. The van der Waals surface area contributed by atoms with Gasteiger partial charge >= 0.3 is 11.9 Å². The molecule has 1 N–H and O–H groups in total. The van der Waals surface area contributed by atoms with Crippen molar-refractivity contribution in [3.8, 4) is 0 Å². The molecular weight excluding hydrogens is 236 g/mol. The molecule has 0 spiro atoms. The maximum absolute atomic E-state index is 11.9. The average molecular weight is 258 g/mol. The number of hydrogen-bond acceptors (Lipinski definition) is 5. The number of esters is 2. The van der Waals surface area contributed by atoms with Gasteiger partial charge in [0.2, 0.25) is 0 Å². The highest BCUT2D eigenvalue weighted by Gasteiger charge is 2.48. The zero-order valence-corrected chi connectivity index (χ0v) is 11.1. The first-order chi connectivity index (χ1) is 8.55. The Labute approximate surface area is 107 Å². The molecule has 104 valence electrons. The molecule has 0 unspecified atom stereocenters. The van der Waals surface area contributed by atoms with E-state index in [9.17, 15) is 14.7 Å². The Morgan fingerprint density at radius 2 is 1.50 bits per heavy atom. The molecule has 0 bridgehead atoms. The third-order valence-electron chi connectivity index (χ3n) is 3.30. The van der Waals surface area contributed by atoms with Crippen LogP contribution in [0.4, 0.5) is 0 Å². The molecule has 5 nitrogen and oxygen atoms in total. The van der Waals surface area contributed by atoms with Gasteiger partial charge in [0.25, 0.3) is 0 Å². The van der Waals surface area contributed by atoms with E-state index in [4.69, 9.17) is 9.47 Å². The van der Waals surface area contributed by atoms with Gasteiger partial charge in [-0.1, -0.05) is 19.3 Å². The van der Waals surface area contributed by atoms with Crippen LogP contribution in [0.1, 0.15) is 46.0 Å². The summed E-state index contributed by atoms with van der Waals surface area (Å²) in [6.45, 7) is 3.71. The molecular formula is C13H22O5. The average Bonchev–Trinajstić information content (AvgIpc) is 2.30. The molecule has 1 fully saturated rings. The van der Waals surface area contributed by atoms with E-state index < -0.39 is 23.5 Å². The summed E-state index contributed by atoms with van der Waals surface area (Å²) in [4.78, 5) is 23.8. The quantitative estimate of drug-likeness (QED) is 0.596. The van der Waals surface area contributed by atoms with Crippen LogP contribution < -0.4 is 0 Å². The van der Waals surface area contributed by atoms with Gasteiger partial charge in [-0.3, -0.25) is 9.59 Å². The second-order valence-electron chi connectivity index (χ2n) is 4.60. The molecule has 1 saturated carbocycles. The Morgan fingerprint density at radius 1 is 1.06 bits per heavy atom. The first-order valence-electron chi connectivity index (χ1n) is 6.60. The third kappa shape index (κ3) is 3.45. The SMILES string of the molecule is CCOC(=O)C(C(=O)OCC)C1(O)CCCCC1. The van der Waals surface area contributed by atoms with Crippen molar-refractivity contribution in [3.63, 3.8) is 0 Å². The first-order valence-corrected chi connectivity index (χ1v) is 6.60. The standard InChI is InChI=1S/C13H22O5/c1-3-17-11(14)10(12(15)18-4-2)13(16)8-6-5-7-9-13/h10,16H,3-9H2,1-2H3. The number of rotatable bonds is 5. The summed E-state index contributed by atoms with van der Waals surface area (Å²) in [6, 6.07) is 0. The molecule has 0 amide bonds. The molecule has 0 radical (unpaired) electrons. The highest BCUT2D eigenvalue weighted by molar-refractivity contribution is 5.96. The molecule has 1 aliphatic rings. The van der Waals surface area contributed by atoms with Crippen LogP contribution in [0.3, 0.4) is 0 Å². The van der Waals surface area contributed by atoms with Gasteiger partial charge in [-0.05, 0) is 26.7 Å². The monoisotopic (exact) mass is 258 g/mol. The van der Waals surface area contributed by atoms with Gasteiger partial charge in [0, 0.05) is 0 Å². The van der Waals surface area contributed by atoms with Crippen molar-refractivity contribution < 1.29 is 24.2 Å². The Kier molecular flexibility index (Phi) is 5.59. The summed E-state index contributed by atoms with van der Waals surface area (Å²) in [5, 5.41) is 10.5. The van der Waals surface area contributed by atoms with Gasteiger partial charge in [0.15, 0.2) is 5.92 Å². The van der Waals surface area contributed by atoms with E-state index in [-0.39, 0.29) is 13.2 Å². The van der Waals surface area contributed by atoms with Gasteiger partial charge in [0.05, 0.1) is 18.8 Å². The second kappa shape index (κ2) is 6.73. The first kappa shape index (κ1) is 15.0. The smallest absolute Gasteiger partial charge is 0.323 e. The van der Waals surface area contributed by atoms with Crippen molar-refractivity contribution in [2.24, 2.45) is 5.92 Å². The van der Waals surface area contributed by atoms with Crippen LogP contribution in [0.25, 0.3) is 0 Å². The van der Waals surface area contributed by atoms with Crippen molar-refractivity contribution in [3.05, 3.63) is 0 Å². The van der Waals surface area contributed by atoms with Crippen LogP contribution in [0.2, 0.25) is 0 Å². The fourth-order valence-electron chi connectivity index (χ4n) is 2.44. The maximum atomic E-state index is 11.9. The summed E-state index contributed by atoms with van der Waals surface area (Å²) in [5.41, 5.74) is -1.31. The molecule has 0 atom stereocenters. The van der Waals surface area contributed by atoms with Gasteiger partial charge in [-0.15, -0.1) is 0 Å². The highest BCUT2D eigenvalue weighted by atomic mass is 16.6. The largest absolute Gasteiger partial charge is 0.465 e. The molecule has 1 aliphatic carbocycles. The summed E-state index contributed by atoms with van der Waals surface area (Å²) in [6.07, 6.45) is 3.52. The molecule has 1 rings (SSSR count). The zero-order chi connectivity index (χ0) is 13.6. The number of hydrogen-bond donors (Lipinski definition) is 1. The topological polar surface area (TPSA) is 72.8 Å². The Morgan fingerprint density at radius 3 is 1.89 bits per heavy atom. The normalized spacial score (nSPS) is 18.4. The zero-order valence-electron chi connectivity index (χ0n) is 11.1. The molecule has 0 heterocycles. The summed E-state index contributed by atoms with van der Waals surface area (Å²) < 4.78 is 9.78. The maximum Gasteiger partial charge on any atom is 0.323 e. The van der Waals surface area contributed by atoms with Crippen LogP contribution >= 0.6 is 0 Å². The molecule has 0 aromatic heterocycles. The Hall–Kier alpha value is -1.10. The minimum Gasteiger partial charge on any atom is -0.465 e. The van der Waals surface area contributed by atoms with Gasteiger partial charge < -0.3 is 14.6 Å². The molecule has 18 heavy (non-hydrogen) atoms. The van der Waals surface area contributed by atoms with Gasteiger partial charge in [0.1, 0.15) is 0 Å². The Balaban J connectivity index is 2.87. The van der Waals surface area contributed by atoms with E-state index in [2.05, 4.69) is 0 Å². The van der Waals surface area contributed by atoms with Crippen LogP contribution in [0.15, 0.2) is 0 Å². The second-order valence-corrected chi connectivity index (χ2v) is 4.60. The lowest BCUT2D eigenvalue weighted by molar-refractivity contribution is -0.177. The number of carbonyl (C=O) groups is 2. The van der Waals surface area contributed by atoms with Crippen molar-refractivity contribution in [1.29, 1.82) is 0 Å². The van der Waals surface area contributed by atoms with E-state index in [1.165, 1.54) is 0 Å². The lowest BCUT2D eigenvalue weighted by Crippen LogP contribution is -2.49. The fraction of sp³-hybridized carbons (Fsp3) is 0.846. The molecule has 5 heteroatoms. The van der Waals surface area contributed by atoms with E-state index in [1.807, 2.05) is 0 Å². The highest BCUT2D eigenvalue weighted by Crippen LogP contribution is 2.35. The summed E-state index contributed by atoms with van der Waals surface area (Å²) in [5.74, 6) is -2.57. The molecule has 0 aliphatic heterocycles.